The zero-order chi connectivity index (χ0) is 11.2. The minimum Gasteiger partial charge on any atom is -0.352 e. The van der Waals surface area contributed by atoms with Crippen LogP contribution in [0.5, 0.6) is 0 Å². The number of fused-ring (bicyclic) bond motifs is 2. The molecule has 3 heteroatoms. The van der Waals surface area contributed by atoms with Gasteiger partial charge < -0.3 is 5.32 Å². The highest BCUT2D eigenvalue weighted by molar-refractivity contribution is 6.27. The number of halogens is 1. The van der Waals surface area contributed by atoms with Crippen LogP contribution in [0.2, 0.25) is 0 Å². The Balaban J connectivity index is 1.99. The lowest BCUT2D eigenvalue weighted by Crippen LogP contribution is -2.60. The van der Waals surface area contributed by atoms with Crippen LogP contribution in [-0.2, 0) is 4.79 Å². The largest absolute Gasteiger partial charge is 0.352 e. The second-order valence-corrected chi connectivity index (χ2v) is 6.03. The molecule has 0 spiro atoms. The van der Waals surface area contributed by atoms with E-state index < -0.39 is 0 Å². The summed E-state index contributed by atoms with van der Waals surface area (Å²) < 4.78 is 0. The molecule has 0 heterocycles. The standard InChI is InChI=1S/C12H20ClNO/c1-7-9-4-8(12(9,2)3)5-10(7)14-11(15)6-13/h7-10H,4-6H2,1-3H3,(H,14,15). The Bertz CT molecular complexity index is 277. The molecule has 0 saturated heterocycles. The number of alkyl halides is 1. The molecular formula is C12H20ClNO. The Kier molecular flexibility index (Phi) is 2.74. The fourth-order valence-electron chi connectivity index (χ4n) is 3.59. The first-order chi connectivity index (χ1) is 6.96. The van der Waals surface area contributed by atoms with Crippen molar-refractivity contribution in [1.82, 2.24) is 5.32 Å². The van der Waals surface area contributed by atoms with Crippen LogP contribution in [0.4, 0.5) is 0 Å². The first-order valence-corrected chi connectivity index (χ1v) is 6.35. The topological polar surface area (TPSA) is 29.1 Å². The maximum Gasteiger partial charge on any atom is 0.235 e. The van der Waals surface area contributed by atoms with Gasteiger partial charge in [0.05, 0.1) is 0 Å². The highest BCUT2D eigenvalue weighted by Gasteiger charge is 2.56. The molecule has 0 aromatic rings. The van der Waals surface area contributed by atoms with Crippen molar-refractivity contribution < 1.29 is 4.79 Å². The van der Waals surface area contributed by atoms with Gasteiger partial charge in [0.15, 0.2) is 0 Å². The molecule has 2 bridgehead atoms. The Morgan fingerprint density at radius 3 is 2.60 bits per heavy atom. The van der Waals surface area contributed by atoms with Gasteiger partial charge in [-0.05, 0) is 36.0 Å². The van der Waals surface area contributed by atoms with Gasteiger partial charge in [0.25, 0.3) is 0 Å². The van der Waals surface area contributed by atoms with Gasteiger partial charge in [-0.1, -0.05) is 20.8 Å². The second-order valence-electron chi connectivity index (χ2n) is 5.76. The van der Waals surface area contributed by atoms with E-state index in [1.165, 1.54) is 6.42 Å². The summed E-state index contributed by atoms with van der Waals surface area (Å²) in [6, 6.07) is 0.355. The smallest absolute Gasteiger partial charge is 0.235 e. The van der Waals surface area contributed by atoms with Gasteiger partial charge in [-0.25, -0.2) is 0 Å². The van der Waals surface area contributed by atoms with Gasteiger partial charge in [0, 0.05) is 6.04 Å². The highest BCUT2D eigenvalue weighted by atomic mass is 35.5. The third-order valence-corrected chi connectivity index (χ3v) is 5.06. The zero-order valence-electron chi connectivity index (χ0n) is 9.72. The lowest BCUT2D eigenvalue weighted by molar-refractivity contribution is -0.132. The van der Waals surface area contributed by atoms with E-state index in [2.05, 4.69) is 26.1 Å². The first-order valence-electron chi connectivity index (χ1n) is 5.82. The van der Waals surface area contributed by atoms with E-state index in [1.54, 1.807) is 0 Å². The zero-order valence-corrected chi connectivity index (χ0v) is 10.5. The van der Waals surface area contributed by atoms with Crippen LogP contribution in [0.3, 0.4) is 0 Å². The molecule has 2 nitrogen and oxygen atoms in total. The SMILES string of the molecule is CC1C(NC(=O)CCl)CC2CC1C2(C)C. The Morgan fingerprint density at radius 1 is 1.47 bits per heavy atom. The summed E-state index contributed by atoms with van der Waals surface area (Å²) in [5, 5.41) is 3.05. The molecule has 3 rings (SSSR count). The van der Waals surface area contributed by atoms with Gasteiger partial charge in [-0.2, -0.15) is 0 Å². The molecule has 3 saturated carbocycles. The molecule has 3 fully saturated rings. The predicted molar refractivity (Wildman–Crippen MR) is 61.8 cm³/mol. The Morgan fingerprint density at radius 2 is 2.13 bits per heavy atom. The number of nitrogens with one attached hydrogen (secondary N) is 1. The van der Waals surface area contributed by atoms with Gasteiger partial charge in [0.2, 0.25) is 5.91 Å². The van der Waals surface area contributed by atoms with Crippen LogP contribution in [-0.4, -0.2) is 17.8 Å². The molecule has 86 valence electrons. The van der Waals surface area contributed by atoms with Gasteiger partial charge in [-0.3, -0.25) is 4.79 Å². The summed E-state index contributed by atoms with van der Waals surface area (Å²) in [4.78, 5) is 11.3. The summed E-state index contributed by atoms with van der Waals surface area (Å²) in [5.41, 5.74) is 0.488. The maximum absolute atomic E-state index is 11.3. The number of amides is 1. The van der Waals surface area contributed by atoms with Crippen molar-refractivity contribution in [3.05, 3.63) is 0 Å². The number of carbonyl (C=O) groups excluding carboxylic acids is 1. The monoisotopic (exact) mass is 229 g/mol. The fraction of sp³-hybridized carbons (Fsp3) is 0.917. The Labute approximate surface area is 96.8 Å². The number of carbonyl (C=O) groups is 1. The van der Waals surface area contributed by atoms with E-state index in [4.69, 9.17) is 11.6 Å². The van der Waals surface area contributed by atoms with Gasteiger partial charge in [0.1, 0.15) is 5.88 Å². The van der Waals surface area contributed by atoms with Gasteiger partial charge in [-0.15, -0.1) is 11.6 Å². The van der Waals surface area contributed by atoms with E-state index in [0.29, 0.717) is 17.4 Å². The minimum absolute atomic E-state index is 0.0207. The van der Waals surface area contributed by atoms with Crippen molar-refractivity contribution >= 4 is 17.5 Å². The third-order valence-electron chi connectivity index (χ3n) is 4.82. The molecule has 1 N–H and O–H groups in total. The maximum atomic E-state index is 11.3. The van der Waals surface area contributed by atoms with Crippen LogP contribution in [0.1, 0.15) is 33.6 Å². The van der Waals surface area contributed by atoms with E-state index in [1.807, 2.05) is 0 Å². The van der Waals surface area contributed by atoms with Crippen LogP contribution in [0.25, 0.3) is 0 Å². The molecule has 0 aromatic heterocycles. The molecule has 4 unspecified atom stereocenters. The first kappa shape index (κ1) is 11.3. The summed E-state index contributed by atoms with van der Waals surface area (Å²) in [6.07, 6.45) is 2.48. The highest BCUT2D eigenvalue weighted by Crippen LogP contribution is 2.61. The van der Waals surface area contributed by atoms with Crippen molar-refractivity contribution in [3.8, 4) is 0 Å². The molecule has 4 atom stereocenters. The van der Waals surface area contributed by atoms with Crippen molar-refractivity contribution in [3.63, 3.8) is 0 Å². The predicted octanol–water partition coefficient (Wildman–Crippen LogP) is 2.41. The normalized spacial score (nSPS) is 41.9. The van der Waals surface area contributed by atoms with Crippen molar-refractivity contribution in [2.24, 2.45) is 23.2 Å². The van der Waals surface area contributed by atoms with Crippen molar-refractivity contribution in [2.75, 3.05) is 5.88 Å². The summed E-state index contributed by atoms with van der Waals surface area (Å²) >= 11 is 5.51. The minimum atomic E-state index is -0.0207. The molecule has 0 radical (unpaired) electrons. The molecule has 3 aliphatic carbocycles. The molecule has 0 aliphatic heterocycles. The van der Waals surface area contributed by atoms with E-state index in [-0.39, 0.29) is 11.8 Å². The summed E-state index contributed by atoms with van der Waals surface area (Å²) in [7, 11) is 0. The fourth-order valence-corrected chi connectivity index (χ4v) is 3.66. The van der Waals surface area contributed by atoms with E-state index in [0.717, 1.165) is 18.3 Å². The average molecular weight is 230 g/mol. The summed E-state index contributed by atoms with van der Waals surface area (Å²) in [5.74, 6) is 2.23. The molecule has 15 heavy (non-hydrogen) atoms. The van der Waals surface area contributed by atoms with Crippen molar-refractivity contribution in [2.45, 2.75) is 39.7 Å². The van der Waals surface area contributed by atoms with Crippen LogP contribution >= 0.6 is 11.6 Å². The Hall–Kier alpha value is -0.240. The lowest BCUT2D eigenvalue weighted by atomic mass is 9.45. The second kappa shape index (κ2) is 3.65. The molecule has 3 aliphatic rings. The third kappa shape index (κ3) is 1.67. The van der Waals surface area contributed by atoms with E-state index >= 15 is 0 Å². The van der Waals surface area contributed by atoms with Crippen molar-refractivity contribution in [1.29, 1.82) is 0 Å². The van der Waals surface area contributed by atoms with Gasteiger partial charge >= 0.3 is 0 Å². The average Bonchev–Trinajstić information content (AvgIpc) is 2.19. The van der Waals surface area contributed by atoms with Crippen LogP contribution in [0, 0.1) is 23.2 Å². The number of rotatable bonds is 2. The lowest BCUT2D eigenvalue weighted by Gasteiger charge is -2.62. The quantitative estimate of drug-likeness (QED) is 0.724. The molecule has 1 amide bonds. The van der Waals surface area contributed by atoms with Crippen LogP contribution < -0.4 is 5.32 Å². The number of hydrogen-bond donors (Lipinski definition) is 1. The number of hydrogen-bond acceptors (Lipinski definition) is 1. The van der Waals surface area contributed by atoms with Crippen LogP contribution in [0.15, 0.2) is 0 Å². The molecule has 0 aromatic carbocycles. The summed E-state index contributed by atoms with van der Waals surface area (Å²) in [6.45, 7) is 6.99. The molecular weight excluding hydrogens is 210 g/mol. The van der Waals surface area contributed by atoms with E-state index in [9.17, 15) is 4.79 Å².